The highest BCUT2D eigenvalue weighted by Crippen LogP contribution is 2.32. The highest BCUT2D eigenvalue weighted by molar-refractivity contribution is 5.86. The molecule has 0 aliphatic carbocycles. The van der Waals surface area contributed by atoms with Crippen LogP contribution in [-0.4, -0.2) is 51.2 Å². The predicted molar refractivity (Wildman–Crippen MR) is 88.7 cm³/mol. The van der Waals surface area contributed by atoms with Gasteiger partial charge in [-0.3, -0.25) is 4.90 Å². The highest BCUT2D eigenvalue weighted by atomic mass is 16.5. The van der Waals surface area contributed by atoms with E-state index in [4.69, 9.17) is 16.2 Å². The Labute approximate surface area is 135 Å². The fourth-order valence-electron chi connectivity index (χ4n) is 3.79. The van der Waals surface area contributed by atoms with Crippen LogP contribution >= 0.6 is 0 Å². The van der Waals surface area contributed by atoms with Crippen LogP contribution in [0.15, 0.2) is 18.6 Å². The second-order valence-electron chi connectivity index (χ2n) is 6.67. The van der Waals surface area contributed by atoms with Crippen LogP contribution in [0.3, 0.4) is 0 Å². The van der Waals surface area contributed by atoms with Crippen molar-refractivity contribution in [1.29, 1.82) is 0 Å². The third-order valence-electron chi connectivity index (χ3n) is 4.94. The molecule has 0 aromatic carbocycles. The first kappa shape index (κ1) is 14.9. The smallest absolute Gasteiger partial charge is 0.147 e. The molecule has 2 aliphatic heterocycles. The van der Waals surface area contributed by atoms with Crippen LogP contribution in [0.1, 0.15) is 31.9 Å². The van der Waals surface area contributed by atoms with Crippen molar-refractivity contribution in [1.82, 2.24) is 19.4 Å². The summed E-state index contributed by atoms with van der Waals surface area (Å²) in [6, 6.07) is 2.28. The van der Waals surface area contributed by atoms with Crippen LogP contribution in [0.25, 0.3) is 11.0 Å². The summed E-state index contributed by atoms with van der Waals surface area (Å²) in [7, 11) is 0. The third kappa shape index (κ3) is 2.91. The second-order valence-corrected chi connectivity index (χ2v) is 6.67. The Morgan fingerprint density at radius 1 is 1.26 bits per heavy atom. The van der Waals surface area contributed by atoms with Crippen LogP contribution in [0, 0.1) is 0 Å². The number of ether oxygens (including phenoxy) is 1. The molecule has 0 saturated carbocycles. The van der Waals surface area contributed by atoms with Gasteiger partial charge in [0.1, 0.15) is 24.0 Å². The lowest BCUT2D eigenvalue weighted by Crippen LogP contribution is -2.45. The standard InChI is InChI=1S/C16H24N6O/c17-11-2-1-6-21(8-11)9-12-3-4-14(23-12)22-7-5-13-15(18)19-10-20-16(13)22/h5,7,10-12,14H,1-4,6,8-9,17H2,(H2,18,19,20). The molecule has 2 aromatic heterocycles. The van der Waals surface area contributed by atoms with Crippen molar-refractivity contribution in [2.75, 3.05) is 25.4 Å². The van der Waals surface area contributed by atoms with E-state index in [1.165, 1.54) is 12.7 Å². The Bertz CT molecular complexity index is 686. The molecule has 0 radical (unpaired) electrons. The van der Waals surface area contributed by atoms with Crippen LogP contribution in [0.2, 0.25) is 0 Å². The molecule has 3 atom stereocenters. The molecule has 2 saturated heterocycles. The number of hydrogen-bond acceptors (Lipinski definition) is 6. The molecule has 2 fully saturated rings. The van der Waals surface area contributed by atoms with E-state index in [1.54, 1.807) is 0 Å². The molecule has 0 spiro atoms. The number of rotatable bonds is 3. The number of fused-ring (bicyclic) bond motifs is 1. The summed E-state index contributed by atoms with van der Waals surface area (Å²) in [4.78, 5) is 10.8. The summed E-state index contributed by atoms with van der Waals surface area (Å²) in [5.74, 6) is 0.519. The van der Waals surface area contributed by atoms with E-state index in [9.17, 15) is 0 Å². The van der Waals surface area contributed by atoms with Gasteiger partial charge in [0.05, 0.1) is 11.5 Å². The SMILES string of the molecule is Nc1ncnc2c1ccn2C1CCC(CN2CCCC(N)C2)O1. The molecule has 7 nitrogen and oxygen atoms in total. The fraction of sp³-hybridized carbons (Fsp3) is 0.625. The van der Waals surface area contributed by atoms with E-state index < -0.39 is 0 Å². The van der Waals surface area contributed by atoms with Gasteiger partial charge in [-0.25, -0.2) is 9.97 Å². The Hall–Kier alpha value is -1.70. The number of nitrogens with zero attached hydrogens (tertiary/aromatic N) is 4. The van der Waals surface area contributed by atoms with Crippen molar-refractivity contribution in [3.63, 3.8) is 0 Å². The van der Waals surface area contributed by atoms with Gasteiger partial charge < -0.3 is 20.8 Å². The van der Waals surface area contributed by atoms with Gasteiger partial charge in [0.15, 0.2) is 0 Å². The molecule has 4 N–H and O–H groups in total. The molecule has 0 bridgehead atoms. The molecule has 2 aliphatic rings. The minimum Gasteiger partial charge on any atom is -0.383 e. The third-order valence-corrected chi connectivity index (χ3v) is 4.94. The number of nitrogen functional groups attached to an aromatic ring is 1. The molecule has 2 aromatic rings. The molecule has 4 rings (SSSR count). The molecular formula is C16H24N6O. The largest absolute Gasteiger partial charge is 0.383 e. The van der Waals surface area contributed by atoms with Gasteiger partial charge in [-0.1, -0.05) is 0 Å². The van der Waals surface area contributed by atoms with Crippen molar-refractivity contribution in [2.45, 2.75) is 44.1 Å². The second kappa shape index (κ2) is 6.07. The Balaban J connectivity index is 1.44. The summed E-state index contributed by atoms with van der Waals surface area (Å²) < 4.78 is 8.35. The zero-order chi connectivity index (χ0) is 15.8. The lowest BCUT2D eigenvalue weighted by molar-refractivity contribution is -0.0144. The highest BCUT2D eigenvalue weighted by Gasteiger charge is 2.30. The molecule has 23 heavy (non-hydrogen) atoms. The van der Waals surface area contributed by atoms with Gasteiger partial charge in [0.2, 0.25) is 0 Å². The van der Waals surface area contributed by atoms with Gasteiger partial charge in [-0.05, 0) is 38.3 Å². The number of piperidine rings is 1. The van der Waals surface area contributed by atoms with Crippen LogP contribution < -0.4 is 11.5 Å². The monoisotopic (exact) mass is 316 g/mol. The summed E-state index contributed by atoms with van der Waals surface area (Å²) in [5.41, 5.74) is 12.8. The first-order valence-corrected chi connectivity index (χ1v) is 8.41. The molecular weight excluding hydrogens is 292 g/mol. The Kier molecular flexibility index (Phi) is 3.92. The maximum absolute atomic E-state index is 6.27. The van der Waals surface area contributed by atoms with E-state index in [0.29, 0.717) is 11.9 Å². The summed E-state index contributed by atoms with van der Waals surface area (Å²) in [5, 5.41) is 0.890. The topological polar surface area (TPSA) is 95.2 Å². The molecule has 4 heterocycles. The maximum atomic E-state index is 6.27. The van der Waals surface area contributed by atoms with Crippen molar-refractivity contribution < 1.29 is 4.74 Å². The van der Waals surface area contributed by atoms with Crippen LogP contribution in [0.5, 0.6) is 0 Å². The molecule has 7 heteroatoms. The Morgan fingerprint density at radius 3 is 3.04 bits per heavy atom. The van der Waals surface area contributed by atoms with Crippen LogP contribution in [-0.2, 0) is 4.74 Å². The lowest BCUT2D eigenvalue weighted by Gasteiger charge is -2.32. The normalized spacial score (nSPS) is 29.3. The minimum atomic E-state index is 0.0327. The maximum Gasteiger partial charge on any atom is 0.147 e. The zero-order valence-electron chi connectivity index (χ0n) is 13.3. The van der Waals surface area contributed by atoms with Crippen molar-refractivity contribution in [2.24, 2.45) is 5.73 Å². The lowest BCUT2D eigenvalue weighted by atomic mass is 10.1. The number of nitrogens with two attached hydrogens (primary N) is 2. The van der Waals surface area contributed by atoms with E-state index in [-0.39, 0.29) is 12.3 Å². The molecule has 0 amide bonds. The molecule has 124 valence electrons. The first-order valence-electron chi connectivity index (χ1n) is 8.41. The number of likely N-dealkylation sites (tertiary alicyclic amines) is 1. The minimum absolute atomic E-state index is 0.0327. The van der Waals surface area contributed by atoms with E-state index in [0.717, 1.165) is 49.9 Å². The van der Waals surface area contributed by atoms with Crippen molar-refractivity contribution >= 4 is 16.9 Å². The summed E-state index contributed by atoms with van der Waals surface area (Å²) >= 11 is 0. The van der Waals surface area contributed by atoms with Gasteiger partial charge >= 0.3 is 0 Å². The van der Waals surface area contributed by atoms with Crippen LogP contribution in [0.4, 0.5) is 5.82 Å². The predicted octanol–water partition coefficient (Wildman–Crippen LogP) is 1.11. The van der Waals surface area contributed by atoms with Gasteiger partial charge in [-0.15, -0.1) is 0 Å². The quantitative estimate of drug-likeness (QED) is 0.881. The van der Waals surface area contributed by atoms with Crippen molar-refractivity contribution in [3.05, 3.63) is 18.6 Å². The van der Waals surface area contributed by atoms with Crippen molar-refractivity contribution in [3.8, 4) is 0 Å². The summed E-state index contributed by atoms with van der Waals surface area (Å²) in [6.45, 7) is 3.09. The van der Waals surface area contributed by atoms with Gasteiger partial charge in [0, 0.05) is 25.3 Å². The average molecular weight is 316 g/mol. The number of anilines is 1. The average Bonchev–Trinajstić information content (AvgIpc) is 3.14. The molecule has 3 unspecified atom stereocenters. The van der Waals surface area contributed by atoms with E-state index >= 15 is 0 Å². The zero-order valence-corrected chi connectivity index (χ0v) is 13.3. The van der Waals surface area contributed by atoms with Gasteiger partial charge in [0.25, 0.3) is 0 Å². The number of aromatic nitrogens is 3. The van der Waals surface area contributed by atoms with E-state index in [2.05, 4.69) is 19.4 Å². The number of hydrogen-bond donors (Lipinski definition) is 2. The fourth-order valence-corrected chi connectivity index (χ4v) is 3.79. The van der Waals surface area contributed by atoms with E-state index in [1.807, 2.05) is 12.3 Å². The Morgan fingerprint density at radius 2 is 2.17 bits per heavy atom. The van der Waals surface area contributed by atoms with Gasteiger partial charge in [-0.2, -0.15) is 0 Å². The first-order chi connectivity index (χ1) is 11.2. The summed E-state index contributed by atoms with van der Waals surface area (Å²) in [6.07, 6.45) is 8.20.